The molecule has 3 heteroatoms. The van der Waals surface area contributed by atoms with Gasteiger partial charge in [-0.15, -0.1) is 12.3 Å². The molecule has 78 valence electrons. The summed E-state index contributed by atoms with van der Waals surface area (Å²) in [5, 5.41) is 0. The Morgan fingerprint density at radius 2 is 1.77 bits per heavy atom. The van der Waals surface area contributed by atoms with Gasteiger partial charge in [-0.05, 0) is 18.9 Å². The lowest BCUT2D eigenvalue weighted by Crippen LogP contribution is -2.19. The minimum Gasteiger partial charge on any atom is -0.353 e. The summed E-state index contributed by atoms with van der Waals surface area (Å²) >= 11 is 0. The van der Waals surface area contributed by atoms with Gasteiger partial charge in [0.1, 0.15) is 0 Å². The molecule has 0 aromatic rings. The fourth-order valence-corrected chi connectivity index (χ4v) is 1.81. The predicted octanol–water partition coefficient (Wildman–Crippen LogP) is 1.90. The van der Waals surface area contributed by atoms with E-state index in [1.807, 2.05) is 5.70 Å². The van der Waals surface area contributed by atoms with E-state index in [-0.39, 0.29) is 15.8 Å². The molecule has 0 heterocycles. The largest absolute Gasteiger partial charge is 0.353 e. The second-order valence-corrected chi connectivity index (χ2v) is 4.77. The first kappa shape index (κ1) is 12.9. The van der Waals surface area contributed by atoms with Gasteiger partial charge >= 0.3 is 0 Å². The van der Waals surface area contributed by atoms with Gasteiger partial charge in [0, 0.05) is 13.2 Å². The predicted molar refractivity (Wildman–Crippen MR) is 59.8 cm³/mol. The second-order valence-electron chi connectivity index (χ2n) is 3.04. The Bertz CT molecular complexity index is 109. The lowest BCUT2D eigenvalue weighted by molar-refractivity contribution is -0.129. The molecule has 0 unspecified atom stereocenters. The molecule has 0 aliphatic carbocycles. The zero-order chi connectivity index (χ0) is 9.94. The molecule has 0 N–H and O–H groups in total. The summed E-state index contributed by atoms with van der Waals surface area (Å²) in [5.41, 5.74) is 2.04. The lowest BCUT2D eigenvalue weighted by Gasteiger charge is -2.16. The average molecular weight is 202 g/mol. The summed E-state index contributed by atoms with van der Waals surface area (Å²) in [5.74, 6) is 0. The highest BCUT2D eigenvalue weighted by Gasteiger charge is 2.06. The molecular weight excluding hydrogens is 180 g/mol. The van der Waals surface area contributed by atoms with Crippen molar-refractivity contribution in [3.8, 4) is 0 Å². The van der Waals surface area contributed by atoms with Crippen LogP contribution in [0.3, 0.4) is 0 Å². The first-order chi connectivity index (χ1) is 6.35. The third-order valence-electron chi connectivity index (χ3n) is 1.62. The molecule has 0 saturated heterocycles. The highest BCUT2D eigenvalue weighted by atomic mass is 28.2. The van der Waals surface area contributed by atoms with Gasteiger partial charge in [0.2, 0.25) is 0 Å². The summed E-state index contributed by atoms with van der Waals surface area (Å²) in [7, 11) is -0.168. The van der Waals surface area contributed by atoms with Gasteiger partial charge in [-0.2, -0.15) is 0 Å². The van der Waals surface area contributed by atoms with Crippen molar-refractivity contribution in [3.63, 3.8) is 0 Å². The molecule has 0 atom stereocenters. The van der Waals surface area contributed by atoms with Gasteiger partial charge in [-0.3, -0.25) is 0 Å². The Morgan fingerprint density at radius 3 is 2.15 bits per heavy atom. The molecule has 0 aliphatic rings. The van der Waals surface area contributed by atoms with Crippen LogP contribution in [0.2, 0.25) is 6.04 Å². The van der Waals surface area contributed by atoms with Crippen LogP contribution in [0.4, 0.5) is 0 Å². The highest BCUT2D eigenvalue weighted by molar-refractivity contribution is 6.41. The molecule has 13 heavy (non-hydrogen) atoms. The molecule has 0 amide bonds. The van der Waals surface area contributed by atoms with E-state index in [1.54, 1.807) is 0 Å². The van der Waals surface area contributed by atoms with Gasteiger partial charge in [-0.1, -0.05) is 13.8 Å². The fraction of sp³-hybridized carbons (Fsp3) is 0.800. The molecule has 0 rings (SSSR count). The normalized spacial score (nSPS) is 11.6. The average Bonchev–Trinajstić information content (AvgIpc) is 2.17. The maximum Gasteiger partial charge on any atom is 0.155 e. The van der Waals surface area contributed by atoms with E-state index in [2.05, 4.69) is 20.4 Å². The second kappa shape index (κ2) is 9.96. The molecule has 0 aliphatic heterocycles. The summed E-state index contributed by atoms with van der Waals surface area (Å²) < 4.78 is 11.1. The standard InChI is InChI=1S/C10H22O2Si/c1-4-7-11-10(9-13-6-3)12-8-5-2/h6,10H,3-5,7-9,13H2,1-2H3. The number of hydrogen-bond acceptors (Lipinski definition) is 2. The Kier molecular flexibility index (Phi) is 9.87. The molecular formula is C10H22O2Si. The van der Waals surface area contributed by atoms with E-state index >= 15 is 0 Å². The van der Waals surface area contributed by atoms with Gasteiger partial charge in [0.15, 0.2) is 6.29 Å². The summed E-state index contributed by atoms with van der Waals surface area (Å²) in [6.07, 6.45) is 2.15. The Balaban J connectivity index is 3.52. The number of ether oxygens (including phenoxy) is 2. The van der Waals surface area contributed by atoms with E-state index in [1.165, 1.54) is 0 Å². The van der Waals surface area contributed by atoms with Crippen LogP contribution in [0.25, 0.3) is 0 Å². The number of rotatable bonds is 9. The van der Waals surface area contributed by atoms with E-state index in [4.69, 9.17) is 9.47 Å². The molecule has 0 aromatic heterocycles. The first-order valence-electron chi connectivity index (χ1n) is 5.19. The van der Waals surface area contributed by atoms with E-state index < -0.39 is 0 Å². The van der Waals surface area contributed by atoms with Crippen LogP contribution in [-0.2, 0) is 9.47 Å². The van der Waals surface area contributed by atoms with Crippen LogP contribution in [0.1, 0.15) is 26.7 Å². The first-order valence-corrected chi connectivity index (χ1v) is 7.00. The van der Waals surface area contributed by atoms with Crippen molar-refractivity contribution in [3.05, 3.63) is 12.3 Å². The molecule has 2 nitrogen and oxygen atoms in total. The quantitative estimate of drug-likeness (QED) is 0.420. The van der Waals surface area contributed by atoms with E-state index in [9.17, 15) is 0 Å². The Morgan fingerprint density at radius 1 is 1.23 bits per heavy atom. The zero-order valence-electron chi connectivity index (χ0n) is 8.92. The minimum absolute atomic E-state index is 0.0320. The molecule has 0 radical (unpaired) electrons. The van der Waals surface area contributed by atoms with Crippen molar-refractivity contribution in [1.29, 1.82) is 0 Å². The smallest absolute Gasteiger partial charge is 0.155 e. The SMILES string of the molecule is C=C[SiH2]CC(OCCC)OCCC. The van der Waals surface area contributed by atoms with Crippen molar-refractivity contribution in [1.82, 2.24) is 0 Å². The molecule has 0 aromatic carbocycles. The summed E-state index contributed by atoms with van der Waals surface area (Å²) in [6, 6.07) is 1.06. The van der Waals surface area contributed by atoms with Crippen molar-refractivity contribution in [2.45, 2.75) is 39.0 Å². The van der Waals surface area contributed by atoms with Crippen LogP contribution >= 0.6 is 0 Å². The summed E-state index contributed by atoms with van der Waals surface area (Å²) in [4.78, 5) is 0. The minimum atomic E-state index is -0.168. The zero-order valence-corrected chi connectivity index (χ0v) is 10.3. The van der Waals surface area contributed by atoms with Crippen molar-refractivity contribution in [2.75, 3.05) is 13.2 Å². The molecule has 0 saturated carbocycles. The number of hydrogen-bond donors (Lipinski definition) is 0. The third kappa shape index (κ3) is 8.21. The molecule has 0 fully saturated rings. The fourth-order valence-electron chi connectivity index (χ4n) is 0.967. The van der Waals surface area contributed by atoms with Gasteiger partial charge in [0.05, 0.1) is 9.52 Å². The maximum atomic E-state index is 5.56. The monoisotopic (exact) mass is 202 g/mol. The van der Waals surface area contributed by atoms with Gasteiger partial charge in [0.25, 0.3) is 0 Å². The Hall–Kier alpha value is -0.123. The van der Waals surface area contributed by atoms with Gasteiger partial charge in [-0.25, -0.2) is 0 Å². The van der Waals surface area contributed by atoms with Crippen molar-refractivity contribution in [2.24, 2.45) is 0 Å². The van der Waals surface area contributed by atoms with Crippen LogP contribution in [0, 0.1) is 0 Å². The van der Waals surface area contributed by atoms with Crippen molar-refractivity contribution >= 4 is 9.52 Å². The van der Waals surface area contributed by atoms with Crippen LogP contribution < -0.4 is 0 Å². The molecule has 0 bridgehead atoms. The lowest BCUT2D eigenvalue weighted by atomic mass is 10.5. The van der Waals surface area contributed by atoms with E-state index in [0.29, 0.717) is 0 Å². The highest BCUT2D eigenvalue weighted by Crippen LogP contribution is 2.03. The van der Waals surface area contributed by atoms with Crippen LogP contribution in [0.15, 0.2) is 12.3 Å². The maximum absolute atomic E-state index is 5.56. The third-order valence-corrected chi connectivity index (χ3v) is 2.84. The van der Waals surface area contributed by atoms with E-state index in [0.717, 1.165) is 32.1 Å². The molecule has 0 spiro atoms. The van der Waals surface area contributed by atoms with Crippen LogP contribution in [-0.4, -0.2) is 29.0 Å². The van der Waals surface area contributed by atoms with Gasteiger partial charge < -0.3 is 9.47 Å². The topological polar surface area (TPSA) is 18.5 Å². The van der Waals surface area contributed by atoms with Crippen LogP contribution in [0.5, 0.6) is 0 Å². The van der Waals surface area contributed by atoms with Crippen molar-refractivity contribution < 1.29 is 9.47 Å². The Labute approximate surface area is 84.1 Å². The summed E-state index contributed by atoms with van der Waals surface area (Å²) in [6.45, 7) is 9.58.